The zero-order valence-corrected chi connectivity index (χ0v) is 14.9. The maximum Gasteiger partial charge on any atom is 0.306 e. The molecule has 2 aromatic carbocycles. The molecule has 6 nitrogen and oxygen atoms in total. The summed E-state index contributed by atoms with van der Waals surface area (Å²) in [5, 5.41) is 0. The van der Waals surface area contributed by atoms with Crippen molar-refractivity contribution in [3.8, 4) is 11.5 Å². The van der Waals surface area contributed by atoms with Gasteiger partial charge in [0.2, 0.25) is 6.79 Å². The van der Waals surface area contributed by atoms with E-state index in [1.165, 1.54) is 17.0 Å². The third kappa shape index (κ3) is 5.20. The van der Waals surface area contributed by atoms with Gasteiger partial charge in [-0.15, -0.1) is 0 Å². The van der Waals surface area contributed by atoms with Gasteiger partial charge in [0.25, 0.3) is 5.91 Å². The number of hydrogen-bond donors (Lipinski definition) is 0. The number of aryl methyl sites for hydroxylation is 1. The predicted molar refractivity (Wildman–Crippen MR) is 94.7 cm³/mol. The Morgan fingerprint density at radius 2 is 1.78 bits per heavy atom. The highest BCUT2D eigenvalue weighted by Crippen LogP contribution is 2.32. The second-order valence-electron chi connectivity index (χ2n) is 6.22. The third-order valence-corrected chi connectivity index (χ3v) is 4.17. The van der Waals surface area contributed by atoms with Gasteiger partial charge in [0, 0.05) is 20.0 Å². The minimum atomic E-state index is -0.448. The molecule has 0 aliphatic carbocycles. The highest BCUT2D eigenvalue weighted by molar-refractivity contribution is 5.80. The maximum absolute atomic E-state index is 12.9. The van der Waals surface area contributed by atoms with Crippen molar-refractivity contribution in [1.29, 1.82) is 0 Å². The summed E-state index contributed by atoms with van der Waals surface area (Å²) < 4.78 is 28.5. The number of rotatable bonds is 7. The standard InChI is InChI=1S/C20H20FNO5/c1-22(11-15-2-6-16(21)7-3-15)19(23)12-25-20(24)9-5-14-4-8-17-18(10-14)27-13-26-17/h2-4,6-8,10H,5,9,11-13H2,1H3. The van der Waals surface area contributed by atoms with E-state index in [9.17, 15) is 14.0 Å². The normalized spacial score (nSPS) is 11.9. The number of nitrogens with zero attached hydrogens (tertiary/aromatic N) is 1. The fourth-order valence-electron chi connectivity index (χ4n) is 2.62. The van der Waals surface area contributed by atoms with Crippen LogP contribution in [0.4, 0.5) is 4.39 Å². The van der Waals surface area contributed by atoms with Gasteiger partial charge < -0.3 is 19.1 Å². The van der Waals surface area contributed by atoms with E-state index >= 15 is 0 Å². The van der Waals surface area contributed by atoms with Gasteiger partial charge in [-0.1, -0.05) is 18.2 Å². The number of benzene rings is 2. The average Bonchev–Trinajstić information content (AvgIpc) is 3.14. The maximum atomic E-state index is 12.9. The largest absolute Gasteiger partial charge is 0.456 e. The van der Waals surface area contributed by atoms with E-state index in [0.717, 1.165) is 11.1 Å². The molecule has 3 rings (SSSR count). The van der Waals surface area contributed by atoms with Gasteiger partial charge in [0.1, 0.15) is 5.82 Å². The molecule has 0 fully saturated rings. The second kappa shape index (κ2) is 8.53. The van der Waals surface area contributed by atoms with Crippen LogP contribution >= 0.6 is 0 Å². The summed E-state index contributed by atoms with van der Waals surface area (Å²) in [7, 11) is 1.60. The predicted octanol–water partition coefficient (Wildman–Crippen LogP) is 2.69. The average molecular weight is 373 g/mol. The molecule has 27 heavy (non-hydrogen) atoms. The minimum absolute atomic E-state index is 0.161. The van der Waals surface area contributed by atoms with E-state index in [1.54, 1.807) is 25.2 Å². The Kier molecular flexibility index (Phi) is 5.90. The fourth-order valence-corrected chi connectivity index (χ4v) is 2.62. The van der Waals surface area contributed by atoms with Crippen molar-refractivity contribution in [2.75, 3.05) is 20.4 Å². The zero-order valence-electron chi connectivity index (χ0n) is 14.9. The summed E-state index contributed by atoms with van der Waals surface area (Å²) in [5.74, 6) is 0.255. The Bertz CT molecular complexity index is 822. The fraction of sp³-hybridized carbons (Fsp3) is 0.300. The number of fused-ring (bicyclic) bond motifs is 1. The van der Waals surface area contributed by atoms with Crippen LogP contribution in [0.5, 0.6) is 11.5 Å². The van der Waals surface area contributed by atoms with Gasteiger partial charge in [0.15, 0.2) is 18.1 Å². The van der Waals surface area contributed by atoms with E-state index in [1.807, 2.05) is 12.1 Å². The number of amides is 1. The molecule has 0 saturated carbocycles. The summed E-state index contributed by atoms with van der Waals surface area (Å²) in [6.45, 7) is 0.194. The van der Waals surface area contributed by atoms with Crippen LogP contribution in [-0.2, 0) is 27.3 Å². The molecule has 2 aromatic rings. The van der Waals surface area contributed by atoms with Crippen LogP contribution in [0.3, 0.4) is 0 Å². The second-order valence-corrected chi connectivity index (χ2v) is 6.22. The first-order valence-electron chi connectivity index (χ1n) is 8.54. The van der Waals surface area contributed by atoms with Crippen molar-refractivity contribution in [2.24, 2.45) is 0 Å². The van der Waals surface area contributed by atoms with Gasteiger partial charge in [-0.2, -0.15) is 0 Å². The number of likely N-dealkylation sites (N-methyl/N-ethyl adjacent to an activating group) is 1. The summed E-state index contributed by atoms with van der Waals surface area (Å²) in [6.07, 6.45) is 0.643. The Morgan fingerprint density at radius 3 is 2.56 bits per heavy atom. The van der Waals surface area contributed by atoms with Gasteiger partial charge in [-0.25, -0.2) is 4.39 Å². The number of ether oxygens (including phenoxy) is 3. The van der Waals surface area contributed by atoms with Crippen molar-refractivity contribution >= 4 is 11.9 Å². The van der Waals surface area contributed by atoms with Crippen LogP contribution in [0.2, 0.25) is 0 Å². The summed E-state index contributed by atoms with van der Waals surface area (Å²) >= 11 is 0. The topological polar surface area (TPSA) is 65.1 Å². The lowest BCUT2D eigenvalue weighted by Crippen LogP contribution is -2.30. The van der Waals surface area contributed by atoms with Crippen LogP contribution in [0.25, 0.3) is 0 Å². The van der Waals surface area contributed by atoms with Crippen molar-refractivity contribution in [3.63, 3.8) is 0 Å². The van der Waals surface area contributed by atoms with Crippen LogP contribution in [0.15, 0.2) is 42.5 Å². The van der Waals surface area contributed by atoms with Gasteiger partial charge in [0.05, 0.1) is 0 Å². The molecule has 0 radical (unpaired) electrons. The van der Waals surface area contributed by atoms with Crippen molar-refractivity contribution in [2.45, 2.75) is 19.4 Å². The monoisotopic (exact) mass is 373 g/mol. The first-order chi connectivity index (χ1) is 13.0. The number of carbonyl (C=O) groups is 2. The van der Waals surface area contributed by atoms with Gasteiger partial charge in [-0.05, 0) is 41.8 Å². The summed E-state index contributed by atoms with van der Waals surface area (Å²) in [4.78, 5) is 25.4. The first kappa shape index (κ1) is 18.7. The summed E-state index contributed by atoms with van der Waals surface area (Å²) in [5.41, 5.74) is 1.72. The van der Waals surface area contributed by atoms with E-state index < -0.39 is 5.97 Å². The number of esters is 1. The molecule has 1 aliphatic rings. The molecule has 0 saturated heterocycles. The molecule has 0 aromatic heterocycles. The molecular weight excluding hydrogens is 353 g/mol. The molecule has 142 valence electrons. The minimum Gasteiger partial charge on any atom is -0.456 e. The Labute approximate surface area is 156 Å². The molecule has 1 heterocycles. The molecule has 1 aliphatic heterocycles. The lowest BCUT2D eigenvalue weighted by molar-refractivity contribution is -0.151. The van der Waals surface area contributed by atoms with E-state index in [2.05, 4.69) is 0 Å². The van der Waals surface area contributed by atoms with Gasteiger partial charge >= 0.3 is 5.97 Å². The number of halogens is 1. The smallest absolute Gasteiger partial charge is 0.306 e. The van der Waals surface area contributed by atoms with Crippen molar-refractivity contribution < 1.29 is 28.2 Å². The number of hydrogen-bond acceptors (Lipinski definition) is 5. The molecular formula is C20H20FNO5. The quantitative estimate of drug-likeness (QED) is 0.698. The van der Waals surface area contributed by atoms with E-state index in [4.69, 9.17) is 14.2 Å². The first-order valence-corrected chi connectivity index (χ1v) is 8.54. The van der Waals surface area contributed by atoms with Crippen LogP contribution in [0, 0.1) is 5.82 Å². The van der Waals surface area contributed by atoms with E-state index in [0.29, 0.717) is 24.5 Å². The molecule has 0 atom stereocenters. The molecule has 0 N–H and O–H groups in total. The van der Waals surface area contributed by atoms with E-state index in [-0.39, 0.29) is 31.5 Å². The van der Waals surface area contributed by atoms with Crippen LogP contribution in [0.1, 0.15) is 17.5 Å². The van der Waals surface area contributed by atoms with Crippen LogP contribution < -0.4 is 9.47 Å². The van der Waals surface area contributed by atoms with Crippen molar-refractivity contribution in [1.82, 2.24) is 4.90 Å². The molecule has 0 unspecified atom stereocenters. The lowest BCUT2D eigenvalue weighted by atomic mass is 10.1. The van der Waals surface area contributed by atoms with Crippen LogP contribution in [-0.4, -0.2) is 37.2 Å². The van der Waals surface area contributed by atoms with Crippen molar-refractivity contribution in [3.05, 3.63) is 59.4 Å². The Hall–Kier alpha value is -3.09. The summed E-state index contributed by atoms with van der Waals surface area (Å²) in [6, 6.07) is 11.4. The number of carbonyl (C=O) groups excluding carboxylic acids is 2. The Balaban J connectivity index is 1.40. The lowest BCUT2D eigenvalue weighted by Gasteiger charge is -2.17. The zero-order chi connectivity index (χ0) is 19.2. The highest BCUT2D eigenvalue weighted by Gasteiger charge is 2.15. The molecule has 0 spiro atoms. The molecule has 0 bridgehead atoms. The SMILES string of the molecule is CN(Cc1ccc(F)cc1)C(=O)COC(=O)CCc1ccc2c(c1)OCO2. The molecule has 7 heteroatoms. The van der Waals surface area contributed by atoms with Gasteiger partial charge in [-0.3, -0.25) is 9.59 Å². The highest BCUT2D eigenvalue weighted by atomic mass is 19.1. The Morgan fingerprint density at radius 1 is 1.07 bits per heavy atom. The molecule has 1 amide bonds. The third-order valence-electron chi connectivity index (χ3n) is 4.17.